The van der Waals surface area contributed by atoms with Gasteiger partial charge in [0.25, 0.3) is 0 Å². The zero-order valence-corrected chi connectivity index (χ0v) is 11.3. The van der Waals surface area contributed by atoms with Crippen LogP contribution in [0.4, 0.5) is 0 Å². The normalized spacial score (nSPS) is 18.2. The SMILES string of the molecule is CCCNC1CCN(CCC(=O)NCC)CC1. The quantitative estimate of drug-likeness (QED) is 0.698. The highest BCUT2D eigenvalue weighted by molar-refractivity contribution is 5.75. The van der Waals surface area contributed by atoms with E-state index >= 15 is 0 Å². The molecule has 0 bridgehead atoms. The predicted octanol–water partition coefficient (Wildman–Crippen LogP) is 0.977. The van der Waals surface area contributed by atoms with Crippen molar-refractivity contribution in [1.82, 2.24) is 15.5 Å². The number of nitrogens with zero attached hydrogens (tertiary/aromatic N) is 1. The molecule has 4 nitrogen and oxygen atoms in total. The fourth-order valence-corrected chi connectivity index (χ4v) is 2.25. The summed E-state index contributed by atoms with van der Waals surface area (Å²) in [5, 5.41) is 6.41. The first-order valence-electron chi connectivity index (χ1n) is 6.98. The Labute approximate surface area is 105 Å². The molecule has 0 aromatic rings. The van der Waals surface area contributed by atoms with Gasteiger partial charge in [-0.1, -0.05) is 6.92 Å². The minimum Gasteiger partial charge on any atom is -0.356 e. The van der Waals surface area contributed by atoms with Gasteiger partial charge in [-0.15, -0.1) is 0 Å². The highest BCUT2D eigenvalue weighted by Gasteiger charge is 2.18. The Kier molecular flexibility index (Phi) is 7.21. The molecule has 1 aliphatic heterocycles. The number of hydrogen-bond donors (Lipinski definition) is 2. The summed E-state index contributed by atoms with van der Waals surface area (Å²) in [6.07, 6.45) is 4.28. The molecule has 1 heterocycles. The molecule has 1 amide bonds. The monoisotopic (exact) mass is 241 g/mol. The highest BCUT2D eigenvalue weighted by Crippen LogP contribution is 2.10. The number of carbonyl (C=O) groups excluding carboxylic acids is 1. The third-order valence-electron chi connectivity index (χ3n) is 3.30. The van der Waals surface area contributed by atoms with Crippen LogP contribution in [0.25, 0.3) is 0 Å². The van der Waals surface area contributed by atoms with E-state index in [-0.39, 0.29) is 5.91 Å². The summed E-state index contributed by atoms with van der Waals surface area (Å²) in [4.78, 5) is 13.7. The molecule has 0 spiro atoms. The predicted molar refractivity (Wildman–Crippen MR) is 71.1 cm³/mol. The average Bonchev–Trinajstić information content (AvgIpc) is 2.35. The van der Waals surface area contributed by atoms with E-state index in [0.717, 1.165) is 32.7 Å². The lowest BCUT2D eigenvalue weighted by molar-refractivity contribution is -0.121. The number of nitrogens with one attached hydrogen (secondary N) is 2. The van der Waals surface area contributed by atoms with E-state index in [4.69, 9.17) is 0 Å². The van der Waals surface area contributed by atoms with Crippen molar-refractivity contribution >= 4 is 5.91 Å². The molecule has 0 saturated carbocycles. The number of rotatable bonds is 7. The van der Waals surface area contributed by atoms with Gasteiger partial charge in [0.2, 0.25) is 5.91 Å². The Morgan fingerprint density at radius 1 is 1.29 bits per heavy atom. The molecule has 1 fully saturated rings. The van der Waals surface area contributed by atoms with Crippen LogP contribution in [0.3, 0.4) is 0 Å². The van der Waals surface area contributed by atoms with Crippen LogP contribution < -0.4 is 10.6 Å². The van der Waals surface area contributed by atoms with E-state index in [1.165, 1.54) is 19.3 Å². The fourth-order valence-electron chi connectivity index (χ4n) is 2.25. The zero-order chi connectivity index (χ0) is 12.5. The molecule has 0 aromatic heterocycles. The molecule has 0 aliphatic carbocycles. The van der Waals surface area contributed by atoms with Crippen LogP contribution in [0.2, 0.25) is 0 Å². The molecular weight excluding hydrogens is 214 g/mol. The van der Waals surface area contributed by atoms with Gasteiger partial charge in [-0.05, 0) is 45.8 Å². The van der Waals surface area contributed by atoms with Crippen LogP contribution in [0.5, 0.6) is 0 Å². The summed E-state index contributed by atoms with van der Waals surface area (Å²) in [6.45, 7) is 9.19. The molecule has 0 aromatic carbocycles. The van der Waals surface area contributed by atoms with Crippen LogP contribution in [0, 0.1) is 0 Å². The Morgan fingerprint density at radius 3 is 2.59 bits per heavy atom. The number of amides is 1. The summed E-state index contributed by atoms with van der Waals surface area (Å²) in [5.74, 6) is 0.179. The van der Waals surface area contributed by atoms with Crippen molar-refractivity contribution in [3.63, 3.8) is 0 Å². The second-order valence-electron chi connectivity index (χ2n) is 4.77. The van der Waals surface area contributed by atoms with Gasteiger partial charge in [-0.3, -0.25) is 4.79 Å². The average molecular weight is 241 g/mol. The summed E-state index contributed by atoms with van der Waals surface area (Å²) in [6, 6.07) is 0.690. The first kappa shape index (κ1) is 14.5. The van der Waals surface area contributed by atoms with Gasteiger partial charge >= 0.3 is 0 Å². The summed E-state index contributed by atoms with van der Waals surface area (Å²) >= 11 is 0. The topological polar surface area (TPSA) is 44.4 Å². The third kappa shape index (κ3) is 6.03. The Hall–Kier alpha value is -0.610. The van der Waals surface area contributed by atoms with Gasteiger partial charge in [0.1, 0.15) is 0 Å². The first-order valence-corrected chi connectivity index (χ1v) is 6.98. The lowest BCUT2D eigenvalue weighted by Gasteiger charge is -2.32. The highest BCUT2D eigenvalue weighted by atomic mass is 16.1. The second-order valence-corrected chi connectivity index (χ2v) is 4.77. The maximum absolute atomic E-state index is 11.3. The van der Waals surface area contributed by atoms with Gasteiger partial charge < -0.3 is 15.5 Å². The van der Waals surface area contributed by atoms with Crippen molar-refractivity contribution in [3.05, 3.63) is 0 Å². The minimum absolute atomic E-state index is 0.179. The largest absolute Gasteiger partial charge is 0.356 e. The molecule has 100 valence electrons. The Bertz CT molecular complexity index is 213. The van der Waals surface area contributed by atoms with Crippen molar-refractivity contribution < 1.29 is 4.79 Å². The van der Waals surface area contributed by atoms with E-state index in [1.807, 2.05) is 6.92 Å². The van der Waals surface area contributed by atoms with E-state index in [9.17, 15) is 4.79 Å². The molecule has 17 heavy (non-hydrogen) atoms. The van der Waals surface area contributed by atoms with E-state index in [2.05, 4.69) is 22.5 Å². The molecule has 1 aliphatic rings. The summed E-state index contributed by atoms with van der Waals surface area (Å²) < 4.78 is 0. The molecule has 0 radical (unpaired) electrons. The lowest BCUT2D eigenvalue weighted by atomic mass is 10.0. The van der Waals surface area contributed by atoms with Gasteiger partial charge in [-0.2, -0.15) is 0 Å². The van der Waals surface area contributed by atoms with Crippen molar-refractivity contribution in [2.24, 2.45) is 0 Å². The summed E-state index contributed by atoms with van der Waals surface area (Å²) in [7, 11) is 0. The van der Waals surface area contributed by atoms with E-state index < -0.39 is 0 Å². The maximum Gasteiger partial charge on any atom is 0.221 e. The van der Waals surface area contributed by atoms with Gasteiger partial charge in [0, 0.05) is 25.6 Å². The standard InChI is InChI=1S/C13H27N3O/c1-3-8-15-12-5-9-16(10-6-12)11-7-13(17)14-4-2/h12,15H,3-11H2,1-2H3,(H,14,17). The number of piperidine rings is 1. The molecule has 4 heteroatoms. The van der Waals surface area contributed by atoms with Crippen molar-refractivity contribution in [2.45, 2.75) is 45.6 Å². The second kappa shape index (κ2) is 8.48. The molecular formula is C13H27N3O. The van der Waals surface area contributed by atoms with E-state index in [0.29, 0.717) is 12.5 Å². The minimum atomic E-state index is 0.179. The van der Waals surface area contributed by atoms with Crippen LogP contribution in [-0.4, -0.2) is 49.6 Å². The fraction of sp³-hybridized carbons (Fsp3) is 0.923. The van der Waals surface area contributed by atoms with E-state index in [1.54, 1.807) is 0 Å². The Morgan fingerprint density at radius 2 is 2.00 bits per heavy atom. The number of carbonyl (C=O) groups is 1. The summed E-state index contributed by atoms with van der Waals surface area (Å²) in [5.41, 5.74) is 0. The molecule has 1 rings (SSSR count). The van der Waals surface area contributed by atoms with Crippen molar-refractivity contribution in [2.75, 3.05) is 32.7 Å². The zero-order valence-electron chi connectivity index (χ0n) is 11.3. The molecule has 2 N–H and O–H groups in total. The Balaban J connectivity index is 2.08. The van der Waals surface area contributed by atoms with Crippen LogP contribution in [-0.2, 0) is 4.79 Å². The van der Waals surface area contributed by atoms with Crippen molar-refractivity contribution in [1.29, 1.82) is 0 Å². The molecule has 0 unspecified atom stereocenters. The lowest BCUT2D eigenvalue weighted by Crippen LogP contribution is -2.43. The van der Waals surface area contributed by atoms with Crippen LogP contribution in [0.15, 0.2) is 0 Å². The smallest absolute Gasteiger partial charge is 0.221 e. The third-order valence-corrected chi connectivity index (χ3v) is 3.30. The number of likely N-dealkylation sites (tertiary alicyclic amines) is 1. The molecule has 0 atom stereocenters. The first-order chi connectivity index (χ1) is 8.26. The van der Waals surface area contributed by atoms with Gasteiger partial charge in [-0.25, -0.2) is 0 Å². The van der Waals surface area contributed by atoms with Gasteiger partial charge in [0.05, 0.1) is 0 Å². The van der Waals surface area contributed by atoms with Crippen LogP contribution >= 0.6 is 0 Å². The molecule has 1 saturated heterocycles. The van der Waals surface area contributed by atoms with Crippen molar-refractivity contribution in [3.8, 4) is 0 Å². The van der Waals surface area contributed by atoms with Gasteiger partial charge in [0.15, 0.2) is 0 Å². The number of hydrogen-bond acceptors (Lipinski definition) is 3. The van der Waals surface area contributed by atoms with Crippen LogP contribution in [0.1, 0.15) is 39.5 Å². The maximum atomic E-state index is 11.3.